The summed E-state index contributed by atoms with van der Waals surface area (Å²) in [4.78, 5) is 31.6. The van der Waals surface area contributed by atoms with Gasteiger partial charge in [-0.25, -0.2) is 5.01 Å². The second-order valence-corrected chi connectivity index (χ2v) is 10.2. The standard InChI is InChI=1S/C25H31ClN4O3S/c1-18(2)25(32)29(10-9-28-11-13-33-14-12-28)17-24(31)30-22(19-6-3-4-7-20(19)26)16-21(27-30)23-8-5-15-34-23/h3-8,15,18,22H,9-14,16-17H2,1-2H3/t22-/m0/s1. The number of benzene rings is 1. The fraction of sp³-hybridized carbons (Fsp3) is 0.480. The maximum absolute atomic E-state index is 13.6. The summed E-state index contributed by atoms with van der Waals surface area (Å²) in [7, 11) is 0. The molecular formula is C25H31ClN4O3S. The van der Waals surface area contributed by atoms with Crippen molar-refractivity contribution in [2.45, 2.75) is 26.3 Å². The SMILES string of the molecule is CC(C)C(=O)N(CCN1CCOCC1)CC(=O)N1N=C(c2cccs2)C[C@H]1c1ccccc1Cl. The summed E-state index contributed by atoms with van der Waals surface area (Å²) in [5, 5.41) is 8.87. The number of hydrazone groups is 1. The number of hydrogen-bond donors (Lipinski definition) is 0. The van der Waals surface area contributed by atoms with Gasteiger partial charge in [0.15, 0.2) is 0 Å². The Kier molecular flexibility index (Phi) is 8.37. The molecule has 2 amide bonds. The fourth-order valence-electron chi connectivity index (χ4n) is 4.27. The van der Waals surface area contributed by atoms with Crippen LogP contribution in [0.3, 0.4) is 0 Å². The van der Waals surface area contributed by atoms with Crippen molar-refractivity contribution in [2.24, 2.45) is 11.0 Å². The van der Waals surface area contributed by atoms with Crippen LogP contribution in [-0.4, -0.2) is 78.3 Å². The van der Waals surface area contributed by atoms with Crippen molar-refractivity contribution in [3.63, 3.8) is 0 Å². The van der Waals surface area contributed by atoms with E-state index in [1.807, 2.05) is 55.6 Å². The largest absolute Gasteiger partial charge is 0.379 e. The van der Waals surface area contributed by atoms with E-state index in [9.17, 15) is 9.59 Å². The van der Waals surface area contributed by atoms with Crippen molar-refractivity contribution in [3.8, 4) is 0 Å². The number of rotatable bonds is 8. The summed E-state index contributed by atoms with van der Waals surface area (Å²) in [5.41, 5.74) is 1.73. The van der Waals surface area contributed by atoms with E-state index < -0.39 is 0 Å². The normalized spacial score (nSPS) is 18.9. The molecule has 1 saturated heterocycles. The molecule has 7 nitrogen and oxygen atoms in total. The highest BCUT2D eigenvalue weighted by Crippen LogP contribution is 2.37. The second kappa shape index (κ2) is 11.4. The molecule has 0 radical (unpaired) electrons. The van der Waals surface area contributed by atoms with Crippen molar-refractivity contribution in [2.75, 3.05) is 45.9 Å². The van der Waals surface area contributed by atoms with E-state index in [0.29, 0.717) is 37.7 Å². The van der Waals surface area contributed by atoms with Gasteiger partial charge in [-0.2, -0.15) is 5.10 Å². The molecule has 2 aliphatic rings. The molecule has 34 heavy (non-hydrogen) atoms. The van der Waals surface area contributed by atoms with Gasteiger partial charge in [-0.3, -0.25) is 14.5 Å². The van der Waals surface area contributed by atoms with Crippen LogP contribution in [0.1, 0.15) is 36.8 Å². The van der Waals surface area contributed by atoms with Gasteiger partial charge in [-0.05, 0) is 23.1 Å². The minimum absolute atomic E-state index is 0.0104. The van der Waals surface area contributed by atoms with Crippen molar-refractivity contribution < 1.29 is 14.3 Å². The molecule has 2 aromatic rings. The molecule has 182 valence electrons. The number of hydrogen-bond acceptors (Lipinski definition) is 6. The average Bonchev–Trinajstić information content (AvgIpc) is 3.52. The molecule has 1 fully saturated rings. The second-order valence-electron chi connectivity index (χ2n) is 8.87. The Morgan fingerprint density at radius 2 is 1.97 bits per heavy atom. The molecule has 0 bridgehead atoms. The van der Waals surface area contributed by atoms with Gasteiger partial charge in [0.25, 0.3) is 5.91 Å². The lowest BCUT2D eigenvalue weighted by molar-refractivity contribution is -0.143. The summed E-state index contributed by atoms with van der Waals surface area (Å²) in [5.74, 6) is -0.425. The number of halogens is 1. The Labute approximate surface area is 209 Å². The van der Waals surface area contributed by atoms with E-state index in [4.69, 9.17) is 21.4 Å². The lowest BCUT2D eigenvalue weighted by atomic mass is 10.0. The van der Waals surface area contributed by atoms with Gasteiger partial charge in [0.05, 0.1) is 29.8 Å². The fourth-order valence-corrected chi connectivity index (χ4v) is 5.26. The van der Waals surface area contributed by atoms with Crippen molar-refractivity contribution in [1.29, 1.82) is 0 Å². The minimum Gasteiger partial charge on any atom is -0.379 e. The molecule has 1 atom stereocenters. The van der Waals surface area contributed by atoms with Crippen LogP contribution >= 0.6 is 22.9 Å². The van der Waals surface area contributed by atoms with Crippen LogP contribution < -0.4 is 0 Å². The van der Waals surface area contributed by atoms with Crippen LogP contribution in [0.4, 0.5) is 0 Å². The Balaban J connectivity index is 1.54. The van der Waals surface area contributed by atoms with Gasteiger partial charge in [0, 0.05) is 43.5 Å². The van der Waals surface area contributed by atoms with Crippen LogP contribution in [0, 0.1) is 5.92 Å². The summed E-state index contributed by atoms with van der Waals surface area (Å²) < 4.78 is 5.42. The monoisotopic (exact) mass is 502 g/mol. The van der Waals surface area contributed by atoms with Crippen molar-refractivity contribution >= 4 is 40.5 Å². The highest BCUT2D eigenvalue weighted by Gasteiger charge is 2.36. The molecule has 1 aromatic carbocycles. The van der Waals surface area contributed by atoms with E-state index in [1.54, 1.807) is 16.2 Å². The predicted molar refractivity (Wildman–Crippen MR) is 135 cm³/mol. The van der Waals surface area contributed by atoms with E-state index >= 15 is 0 Å². The third-order valence-corrected chi connectivity index (χ3v) is 7.42. The van der Waals surface area contributed by atoms with Gasteiger partial charge in [-0.1, -0.05) is 49.7 Å². The zero-order valence-electron chi connectivity index (χ0n) is 19.7. The smallest absolute Gasteiger partial charge is 0.262 e. The zero-order chi connectivity index (χ0) is 24.1. The molecule has 4 rings (SSSR count). The third-order valence-electron chi connectivity index (χ3n) is 6.16. The first-order valence-electron chi connectivity index (χ1n) is 11.7. The van der Waals surface area contributed by atoms with Crippen LogP contribution in [0.5, 0.6) is 0 Å². The maximum atomic E-state index is 13.6. The highest BCUT2D eigenvalue weighted by atomic mass is 35.5. The molecule has 0 saturated carbocycles. The van der Waals surface area contributed by atoms with Gasteiger partial charge in [0.1, 0.15) is 6.54 Å². The molecule has 0 spiro atoms. The van der Waals surface area contributed by atoms with Crippen molar-refractivity contribution in [3.05, 3.63) is 57.2 Å². The average molecular weight is 503 g/mol. The van der Waals surface area contributed by atoms with E-state index in [-0.39, 0.29) is 30.3 Å². The maximum Gasteiger partial charge on any atom is 0.262 e. The van der Waals surface area contributed by atoms with E-state index in [2.05, 4.69) is 4.90 Å². The van der Waals surface area contributed by atoms with Crippen LogP contribution in [-0.2, 0) is 14.3 Å². The molecule has 1 aromatic heterocycles. The first kappa shape index (κ1) is 24.9. The predicted octanol–water partition coefficient (Wildman–Crippen LogP) is 3.90. The number of carbonyl (C=O) groups excluding carboxylic acids is 2. The number of nitrogens with zero attached hydrogens (tertiary/aromatic N) is 4. The first-order valence-corrected chi connectivity index (χ1v) is 13.0. The third kappa shape index (κ3) is 5.86. The minimum atomic E-state index is -0.298. The lowest BCUT2D eigenvalue weighted by Crippen LogP contribution is -2.47. The number of thiophene rings is 1. The molecule has 0 unspecified atom stereocenters. The molecule has 9 heteroatoms. The summed E-state index contributed by atoms with van der Waals surface area (Å²) in [6.07, 6.45) is 0.585. The Morgan fingerprint density at radius 3 is 2.65 bits per heavy atom. The topological polar surface area (TPSA) is 65.5 Å². The molecule has 0 N–H and O–H groups in total. The Morgan fingerprint density at radius 1 is 1.21 bits per heavy atom. The van der Waals surface area contributed by atoms with Gasteiger partial charge in [-0.15, -0.1) is 11.3 Å². The zero-order valence-corrected chi connectivity index (χ0v) is 21.2. The first-order chi connectivity index (χ1) is 16.4. The van der Waals surface area contributed by atoms with Crippen LogP contribution in [0.2, 0.25) is 5.02 Å². The number of amides is 2. The highest BCUT2D eigenvalue weighted by molar-refractivity contribution is 7.12. The number of ether oxygens (including phenoxy) is 1. The number of carbonyl (C=O) groups is 2. The van der Waals surface area contributed by atoms with Crippen molar-refractivity contribution in [1.82, 2.24) is 14.8 Å². The summed E-state index contributed by atoms with van der Waals surface area (Å²) >= 11 is 8.11. The Hall–Kier alpha value is -2.26. The molecule has 2 aliphatic heterocycles. The summed E-state index contributed by atoms with van der Waals surface area (Å²) in [6, 6.07) is 11.3. The van der Waals surface area contributed by atoms with Gasteiger partial charge < -0.3 is 9.64 Å². The van der Waals surface area contributed by atoms with E-state index in [0.717, 1.165) is 29.2 Å². The van der Waals surface area contributed by atoms with Crippen LogP contribution in [0.15, 0.2) is 46.9 Å². The number of morpholine rings is 1. The Bertz CT molecular complexity index is 1020. The van der Waals surface area contributed by atoms with E-state index in [1.165, 1.54) is 5.01 Å². The summed E-state index contributed by atoms with van der Waals surface area (Å²) in [6.45, 7) is 8.01. The molecule has 3 heterocycles. The van der Waals surface area contributed by atoms with Crippen LogP contribution in [0.25, 0.3) is 0 Å². The van der Waals surface area contributed by atoms with Gasteiger partial charge >= 0.3 is 0 Å². The lowest BCUT2D eigenvalue weighted by Gasteiger charge is -2.32. The van der Waals surface area contributed by atoms with Gasteiger partial charge in [0.2, 0.25) is 5.91 Å². The molecule has 0 aliphatic carbocycles. The molecular weight excluding hydrogens is 472 g/mol. The quantitative estimate of drug-likeness (QED) is 0.549.